The average Bonchev–Trinajstić information content (AvgIpc) is 3.32. The monoisotopic (exact) mass is 371 g/mol. The van der Waals surface area contributed by atoms with Gasteiger partial charge in [-0.25, -0.2) is 4.79 Å². The normalized spacial score (nSPS) is 10.5. The third kappa shape index (κ3) is 3.97. The van der Waals surface area contributed by atoms with Crippen molar-refractivity contribution in [3.05, 3.63) is 52.0 Å². The van der Waals surface area contributed by atoms with Gasteiger partial charge in [-0.1, -0.05) is 11.2 Å². The Bertz CT molecular complexity index is 918. The molecule has 1 N–H and O–H groups in total. The van der Waals surface area contributed by atoms with E-state index in [1.807, 2.05) is 16.8 Å². The lowest BCUT2D eigenvalue weighted by molar-refractivity contribution is -0.116. The number of aryl methyl sites for hydroxylation is 1. The molecule has 0 saturated carbocycles. The van der Waals surface area contributed by atoms with E-state index in [2.05, 4.69) is 15.5 Å². The molecule has 0 saturated heterocycles. The number of amides is 1. The van der Waals surface area contributed by atoms with Crippen molar-refractivity contribution in [3.63, 3.8) is 0 Å². The molecular formula is C18H17N3O4S. The van der Waals surface area contributed by atoms with Gasteiger partial charge in [0.1, 0.15) is 0 Å². The van der Waals surface area contributed by atoms with Crippen molar-refractivity contribution in [2.75, 3.05) is 12.4 Å². The molecule has 0 bridgehead atoms. The highest BCUT2D eigenvalue weighted by Gasteiger charge is 2.15. The van der Waals surface area contributed by atoms with Crippen LogP contribution in [-0.2, 0) is 16.0 Å². The van der Waals surface area contributed by atoms with Crippen LogP contribution in [0.3, 0.4) is 0 Å². The van der Waals surface area contributed by atoms with E-state index >= 15 is 0 Å². The number of hydrogen-bond acceptors (Lipinski definition) is 7. The maximum Gasteiger partial charge on any atom is 0.338 e. The average molecular weight is 371 g/mol. The Labute approximate surface area is 154 Å². The number of benzene rings is 1. The van der Waals surface area contributed by atoms with E-state index in [1.54, 1.807) is 36.5 Å². The molecule has 8 heteroatoms. The number of carbonyl (C=O) groups excluding carboxylic acids is 2. The second-order valence-corrected chi connectivity index (χ2v) is 6.32. The minimum atomic E-state index is -0.439. The maximum absolute atomic E-state index is 12.2. The quantitative estimate of drug-likeness (QED) is 0.667. The van der Waals surface area contributed by atoms with Crippen molar-refractivity contribution in [1.29, 1.82) is 0 Å². The highest BCUT2D eigenvalue weighted by Crippen LogP contribution is 2.21. The Morgan fingerprint density at radius 1 is 1.31 bits per heavy atom. The fraction of sp³-hybridized carbons (Fsp3) is 0.222. The first kappa shape index (κ1) is 17.8. The molecule has 26 heavy (non-hydrogen) atoms. The van der Waals surface area contributed by atoms with Crippen LogP contribution in [0.25, 0.3) is 11.4 Å². The van der Waals surface area contributed by atoms with Crippen LogP contribution >= 0.6 is 11.3 Å². The summed E-state index contributed by atoms with van der Waals surface area (Å²) in [5, 5.41) is 10.6. The number of methoxy groups -OCH3 is 1. The maximum atomic E-state index is 12.2. The summed E-state index contributed by atoms with van der Waals surface area (Å²) < 4.78 is 9.92. The molecule has 0 fully saturated rings. The van der Waals surface area contributed by atoms with E-state index < -0.39 is 5.97 Å². The largest absolute Gasteiger partial charge is 0.465 e. The van der Waals surface area contributed by atoms with E-state index in [1.165, 1.54) is 7.11 Å². The summed E-state index contributed by atoms with van der Waals surface area (Å²) in [7, 11) is 1.32. The van der Waals surface area contributed by atoms with Gasteiger partial charge in [-0.2, -0.15) is 16.3 Å². The summed E-state index contributed by atoms with van der Waals surface area (Å²) in [5.74, 6) is 0.278. The molecule has 0 aliphatic rings. The Morgan fingerprint density at radius 2 is 2.15 bits per heavy atom. The van der Waals surface area contributed by atoms with Crippen LogP contribution in [0.1, 0.15) is 28.2 Å². The van der Waals surface area contributed by atoms with E-state index in [0.717, 1.165) is 5.56 Å². The Morgan fingerprint density at radius 3 is 2.88 bits per heavy atom. The molecule has 134 valence electrons. The number of rotatable bonds is 6. The Kier molecular flexibility index (Phi) is 5.43. The number of thiophene rings is 1. The molecule has 7 nitrogen and oxygen atoms in total. The fourth-order valence-electron chi connectivity index (χ4n) is 2.40. The first-order valence-corrected chi connectivity index (χ1v) is 8.85. The highest BCUT2D eigenvalue weighted by atomic mass is 32.1. The molecule has 0 radical (unpaired) electrons. The van der Waals surface area contributed by atoms with E-state index in [0.29, 0.717) is 35.0 Å². The number of ether oxygens (including phenoxy) is 1. The van der Waals surface area contributed by atoms with Crippen molar-refractivity contribution >= 4 is 28.9 Å². The van der Waals surface area contributed by atoms with Crippen molar-refractivity contribution in [2.45, 2.75) is 19.8 Å². The van der Waals surface area contributed by atoms with Crippen LogP contribution in [0.15, 0.2) is 39.5 Å². The summed E-state index contributed by atoms with van der Waals surface area (Å²) in [6, 6.07) is 6.99. The summed E-state index contributed by atoms with van der Waals surface area (Å²) in [4.78, 5) is 28.2. The second-order valence-electron chi connectivity index (χ2n) is 5.54. The van der Waals surface area contributed by atoms with Crippen LogP contribution < -0.4 is 5.32 Å². The van der Waals surface area contributed by atoms with Gasteiger partial charge in [-0.05, 0) is 36.1 Å². The van der Waals surface area contributed by atoms with E-state index in [9.17, 15) is 9.59 Å². The van der Waals surface area contributed by atoms with Gasteiger partial charge in [0.05, 0.1) is 12.7 Å². The topological polar surface area (TPSA) is 94.3 Å². The van der Waals surface area contributed by atoms with E-state index in [-0.39, 0.29) is 12.3 Å². The summed E-state index contributed by atoms with van der Waals surface area (Å²) in [5.41, 5.74) is 2.54. The van der Waals surface area contributed by atoms with Gasteiger partial charge in [0.2, 0.25) is 17.6 Å². The van der Waals surface area contributed by atoms with Crippen molar-refractivity contribution in [3.8, 4) is 11.4 Å². The molecule has 1 amide bonds. The number of carbonyl (C=O) groups is 2. The molecule has 2 aromatic heterocycles. The van der Waals surface area contributed by atoms with Gasteiger partial charge in [0.25, 0.3) is 0 Å². The lowest BCUT2D eigenvalue weighted by atomic mass is 10.1. The molecule has 3 aromatic rings. The predicted octanol–water partition coefficient (Wildman–Crippen LogP) is 3.46. The van der Waals surface area contributed by atoms with Crippen LogP contribution in [0.5, 0.6) is 0 Å². The zero-order valence-corrected chi connectivity index (χ0v) is 15.1. The molecule has 0 atom stereocenters. The van der Waals surface area contributed by atoms with Crippen molar-refractivity contribution in [1.82, 2.24) is 10.1 Å². The third-order valence-corrected chi connectivity index (χ3v) is 4.51. The predicted molar refractivity (Wildman–Crippen MR) is 97.1 cm³/mol. The SMILES string of the molecule is COC(=O)c1cccc(NC(=O)CCc2nc(-c3ccsc3)no2)c1C. The summed E-state index contributed by atoms with van der Waals surface area (Å²) in [6.45, 7) is 1.76. The summed E-state index contributed by atoms with van der Waals surface area (Å²) >= 11 is 1.55. The summed E-state index contributed by atoms with van der Waals surface area (Å²) in [6.07, 6.45) is 0.520. The molecular weight excluding hydrogens is 354 g/mol. The number of esters is 1. The molecule has 0 aliphatic heterocycles. The smallest absolute Gasteiger partial charge is 0.338 e. The van der Waals surface area contributed by atoms with Gasteiger partial charge in [0.15, 0.2) is 0 Å². The highest BCUT2D eigenvalue weighted by molar-refractivity contribution is 7.08. The Hall–Kier alpha value is -3.00. The minimum absolute atomic E-state index is 0.188. The Balaban J connectivity index is 1.61. The number of nitrogens with one attached hydrogen (secondary N) is 1. The third-order valence-electron chi connectivity index (χ3n) is 3.83. The van der Waals surface area contributed by atoms with Gasteiger partial charge in [-0.3, -0.25) is 4.79 Å². The standard InChI is InChI=1S/C18H17N3O4S/c1-11-13(18(23)24-2)4-3-5-14(11)19-15(22)6-7-16-20-17(21-25-16)12-8-9-26-10-12/h3-5,8-10H,6-7H2,1-2H3,(H,19,22). The number of hydrogen-bond donors (Lipinski definition) is 1. The molecule has 0 unspecified atom stereocenters. The van der Waals surface area contributed by atoms with Gasteiger partial charge in [0, 0.05) is 29.5 Å². The molecule has 3 rings (SSSR count). The van der Waals surface area contributed by atoms with Crippen molar-refractivity contribution in [2.24, 2.45) is 0 Å². The fourth-order valence-corrected chi connectivity index (χ4v) is 3.04. The second kappa shape index (κ2) is 7.92. The van der Waals surface area contributed by atoms with Crippen molar-refractivity contribution < 1.29 is 18.8 Å². The van der Waals surface area contributed by atoms with Gasteiger partial charge in [-0.15, -0.1) is 0 Å². The minimum Gasteiger partial charge on any atom is -0.465 e. The van der Waals surface area contributed by atoms with Crippen LogP contribution in [0, 0.1) is 6.92 Å². The molecule has 0 aliphatic carbocycles. The number of anilines is 1. The molecule has 2 heterocycles. The van der Waals surface area contributed by atoms with Gasteiger partial charge < -0.3 is 14.6 Å². The number of aromatic nitrogens is 2. The first-order chi connectivity index (χ1) is 12.6. The lowest BCUT2D eigenvalue weighted by Gasteiger charge is -2.11. The number of nitrogens with zero attached hydrogens (tertiary/aromatic N) is 2. The molecule has 1 aromatic carbocycles. The van der Waals surface area contributed by atoms with E-state index in [4.69, 9.17) is 9.26 Å². The van der Waals surface area contributed by atoms with Crippen LogP contribution in [-0.4, -0.2) is 29.1 Å². The van der Waals surface area contributed by atoms with Crippen LogP contribution in [0.2, 0.25) is 0 Å². The first-order valence-electron chi connectivity index (χ1n) is 7.91. The lowest BCUT2D eigenvalue weighted by Crippen LogP contribution is -2.15. The molecule has 0 spiro atoms. The van der Waals surface area contributed by atoms with Gasteiger partial charge >= 0.3 is 5.97 Å². The zero-order valence-electron chi connectivity index (χ0n) is 14.3. The zero-order chi connectivity index (χ0) is 18.5. The van der Waals surface area contributed by atoms with Crippen LogP contribution in [0.4, 0.5) is 5.69 Å².